The van der Waals surface area contributed by atoms with E-state index in [1.807, 2.05) is 0 Å². The van der Waals surface area contributed by atoms with Crippen molar-refractivity contribution in [3.8, 4) is 11.1 Å². The Kier molecular flexibility index (Phi) is 3.80. The molecule has 25 heavy (non-hydrogen) atoms. The lowest BCUT2D eigenvalue weighted by molar-refractivity contribution is 0.577. The van der Waals surface area contributed by atoms with E-state index in [0.717, 1.165) is 5.69 Å². The maximum atomic E-state index is 5.00. The van der Waals surface area contributed by atoms with Crippen molar-refractivity contribution in [3.63, 3.8) is 0 Å². The van der Waals surface area contributed by atoms with Crippen LogP contribution in [0.1, 0.15) is 37.8 Å². The van der Waals surface area contributed by atoms with Gasteiger partial charge in [-0.1, -0.05) is 93.6 Å². The number of rotatable bonds is 2. The maximum Gasteiger partial charge on any atom is 0.0671 e. The van der Waals surface area contributed by atoms with Gasteiger partial charge in [0, 0.05) is 11.1 Å². The van der Waals surface area contributed by atoms with Crippen LogP contribution in [0.3, 0.4) is 0 Å². The van der Waals surface area contributed by atoms with Gasteiger partial charge >= 0.3 is 0 Å². The standard InChI is InChI=1S/C24H23N/c1-24(2,3)23-22(20-14-7-8-15-21(20)25-23)19-13-9-12-18(16-19)17-10-5-4-6-11-17/h4-16,22H,1-3H3. The van der Waals surface area contributed by atoms with Crippen LogP contribution in [-0.4, -0.2) is 5.71 Å². The van der Waals surface area contributed by atoms with Gasteiger partial charge in [-0.2, -0.15) is 0 Å². The average Bonchev–Trinajstić information content (AvgIpc) is 3.03. The Hall–Kier alpha value is -2.67. The molecule has 0 saturated carbocycles. The fourth-order valence-electron chi connectivity index (χ4n) is 3.64. The zero-order valence-electron chi connectivity index (χ0n) is 15.0. The van der Waals surface area contributed by atoms with Gasteiger partial charge in [0.05, 0.1) is 11.6 Å². The molecule has 0 aliphatic carbocycles. The summed E-state index contributed by atoms with van der Waals surface area (Å²) < 4.78 is 0. The second-order valence-electron chi connectivity index (χ2n) is 7.73. The highest BCUT2D eigenvalue weighted by Gasteiger charge is 2.35. The number of nitrogens with zero attached hydrogens (tertiary/aromatic N) is 1. The Morgan fingerprint density at radius 1 is 0.720 bits per heavy atom. The van der Waals surface area contributed by atoms with Gasteiger partial charge in [-0.3, -0.25) is 4.99 Å². The Morgan fingerprint density at radius 3 is 2.16 bits per heavy atom. The molecule has 1 aliphatic rings. The minimum Gasteiger partial charge on any atom is -0.256 e. The van der Waals surface area contributed by atoms with E-state index < -0.39 is 0 Å². The predicted octanol–water partition coefficient (Wildman–Crippen LogP) is 6.62. The van der Waals surface area contributed by atoms with Crippen LogP contribution in [0.15, 0.2) is 83.9 Å². The monoisotopic (exact) mass is 325 g/mol. The predicted molar refractivity (Wildman–Crippen MR) is 107 cm³/mol. The third-order valence-electron chi connectivity index (χ3n) is 4.86. The summed E-state index contributed by atoms with van der Waals surface area (Å²) in [5, 5.41) is 0. The lowest BCUT2D eigenvalue weighted by atomic mass is 9.77. The van der Waals surface area contributed by atoms with Crippen molar-refractivity contribution in [3.05, 3.63) is 90.0 Å². The molecule has 1 nitrogen and oxygen atoms in total. The largest absolute Gasteiger partial charge is 0.256 e. The lowest BCUT2D eigenvalue weighted by Gasteiger charge is -2.26. The fourth-order valence-corrected chi connectivity index (χ4v) is 3.64. The summed E-state index contributed by atoms with van der Waals surface area (Å²) >= 11 is 0. The lowest BCUT2D eigenvalue weighted by Crippen LogP contribution is -2.25. The van der Waals surface area contributed by atoms with E-state index in [4.69, 9.17) is 4.99 Å². The van der Waals surface area contributed by atoms with Crippen LogP contribution < -0.4 is 0 Å². The van der Waals surface area contributed by atoms with Crippen LogP contribution in [0.4, 0.5) is 5.69 Å². The third kappa shape index (κ3) is 2.91. The van der Waals surface area contributed by atoms with Crippen molar-refractivity contribution in [2.24, 2.45) is 10.4 Å². The number of benzene rings is 3. The van der Waals surface area contributed by atoms with Crippen LogP contribution in [-0.2, 0) is 0 Å². The molecule has 4 rings (SSSR count). The molecule has 124 valence electrons. The molecule has 1 aliphatic heterocycles. The highest BCUT2D eigenvalue weighted by molar-refractivity contribution is 6.03. The summed E-state index contributed by atoms with van der Waals surface area (Å²) in [6, 6.07) is 28.0. The van der Waals surface area contributed by atoms with Gasteiger partial charge in [0.2, 0.25) is 0 Å². The molecule has 1 unspecified atom stereocenters. The van der Waals surface area contributed by atoms with Gasteiger partial charge in [-0.05, 0) is 28.3 Å². The number of aliphatic imine (C=N–C) groups is 1. The molecule has 0 saturated heterocycles. The normalized spacial score (nSPS) is 16.4. The second kappa shape index (κ2) is 6.00. The highest BCUT2D eigenvalue weighted by atomic mass is 14.8. The van der Waals surface area contributed by atoms with E-state index in [1.54, 1.807) is 0 Å². The topological polar surface area (TPSA) is 12.4 Å². The molecule has 1 atom stereocenters. The van der Waals surface area contributed by atoms with Crippen LogP contribution in [0, 0.1) is 5.41 Å². The van der Waals surface area contributed by atoms with Crippen LogP contribution in [0.5, 0.6) is 0 Å². The fraction of sp³-hybridized carbons (Fsp3) is 0.208. The molecule has 0 bridgehead atoms. The Balaban J connectivity index is 1.84. The summed E-state index contributed by atoms with van der Waals surface area (Å²) in [5.41, 5.74) is 7.55. The molecule has 0 aromatic heterocycles. The maximum absolute atomic E-state index is 5.00. The van der Waals surface area contributed by atoms with Crippen LogP contribution in [0.2, 0.25) is 0 Å². The highest BCUT2D eigenvalue weighted by Crippen LogP contribution is 2.45. The van der Waals surface area contributed by atoms with Crippen molar-refractivity contribution in [1.82, 2.24) is 0 Å². The zero-order valence-corrected chi connectivity index (χ0v) is 15.0. The van der Waals surface area contributed by atoms with E-state index in [2.05, 4.69) is 99.6 Å². The first-order valence-corrected chi connectivity index (χ1v) is 8.87. The van der Waals surface area contributed by atoms with E-state index in [0.29, 0.717) is 0 Å². The van der Waals surface area contributed by atoms with Crippen LogP contribution in [0.25, 0.3) is 11.1 Å². The van der Waals surface area contributed by atoms with Gasteiger partial charge in [-0.15, -0.1) is 0 Å². The molecule has 0 fully saturated rings. The van der Waals surface area contributed by atoms with Crippen molar-refractivity contribution < 1.29 is 0 Å². The third-order valence-corrected chi connectivity index (χ3v) is 4.86. The molecular formula is C24H23N. The average molecular weight is 325 g/mol. The first-order valence-electron chi connectivity index (χ1n) is 8.87. The van der Waals surface area contributed by atoms with E-state index in [1.165, 1.54) is 28.0 Å². The number of hydrogen-bond donors (Lipinski definition) is 0. The summed E-state index contributed by atoms with van der Waals surface area (Å²) in [6.07, 6.45) is 0. The quantitative estimate of drug-likeness (QED) is 0.502. The van der Waals surface area contributed by atoms with Gasteiger partial charge in [0.1, 0.15) is 0 Å². The number of para-hydroxylation sites is 1. The van der Waals surface area contributed by atoms with Gasteiger partial charge in [0.15, 0.2) is 0 Å². The Bertz CT molecular complexity index is 930. The molecule has 1 heterocycles. The molecule has 1 heteroatoms. The van der Waals surface area contributed by atoms with E-state index >= 15 is 0 Å². The molecule has 3 aromatic rings. The number of fused-ring (bicyclic) bond motifs is 1. The Morgan fingerprint density at radius 2 is 1.40 bits per heavy atom. The molecule has 3 aromatic carbocycles. The Labute approximate surface area is 150 Å². The van der Waals surface area contributed by atoms with Gasteiger partial charge in [0.25, 0.3) is 0 Å². The minimum absolute atomic E-state index is 0.0342. The van der Waals surface area contributed by atoms with Crippen LogP contribution >= 0.6 is 0 Å². The molecular weight excluding hydrogens is 302 g/mol. The summed E-state index contributed by atoms with van der Waals surface area (Å²) in [4.78, 5) is 5.00. The smallest absolute Gasteiger partial charge is 0.0671 e. The molecule has 0 radical (unpaired) electrons. The molecule has 0 N–H and O–H groups in total. The molecule has 0 spiro atoms. The first-order chi connectivity index (χ1) is 12.0. The van der Waals surface area contributed by atoms with Crippen molar-refractivity contribution in [2.75, 3.05) is 0 Å². The zero-order chi connectivity index (χ0) is 17.4. The minimum atomic E-state index is 0.0342. The van der Waals surface area contributed by atoms with Gasteiger partial charge < -0.3 is 0 Å². The number of hydrogen-bond acceptors (Lipinski definition) is 1. The van der Waals surface area contributed by atoms with Crippen molar-refractivity contribution in [1.29, 1.82) is 0 Å². The van der Waals surface area contributed by atoms with Crippen molar-refractivity contribution >= 4 is 11.4 Å². The second-order valence-corrected chi connectivity index (χ2v) is 7.73. The van der Waals surface area contributed by atoms with Gasteiger partial charge in [-0.25, -0.2) is 0 Å². The summed E-state index contributed by atoms with van der Waals surface area (Å²) in [5.74, 6) is 0.236. The summed E-state index contributed by atoms with van der Waals surface area (Å²) in [6.45, 7) is 6.77. The SMILES string of the molecule is CC(C)(C)C1=Nc2ccccc2C1c1cccc(-c2ccccc2)c1. The van der Waals surface area contributed by atoms with E-state index in [9.17, 15) is 0 Å². The first kappa shape index (κ1) is 15.8. The molecule has 0 amide bonds. The summed E-state index contributed by atoms with van der Waals surface area (Å²) in [7, 11) is 0. The van der Waals surface area contributed by atoms with Crippen molar-refractivity contribution in [2.45, 2.75) is 26.7 Å². The van der Waals surface area contributed by atoms with E-state index in [-0.39, 0.29) is 11.3 Å².